The van der Waals surface area contributed by atoms with Gasteiger partial charge in [-0.15, -0.1) is 0 Å². The number of hydrogen-bond donors (Lipinski definition) is 1. The predicted molar refractivity (Wildman–Crippen MR) is 79.6 cm³/mol. The van der Waals surface area contributed by atoms with E-state index in [0.29, 0.717) is 0 Å². The van der Waals surface area contributed by atoms with Crippen molar-refractivity contribution in [2.24, 2.45) is 5.73 Å². The van der Waals surface area contributed by atoms with Crippen LogP contribution in [0.4, 0.5) is 0 Å². The maximum absolute atomic E-state index is 6.01. The van der Waals surface area contributed by atoms with Gasteiger partial charge in [-0.3, -0.25) is 4.90 Å². The Morgan fingerprint density at radius 2 is 2.00 bits per heavy atom. The van der Waals surface area contributed by atoms with Gasteiger partial charge in [0.1, 0.15) is 12.4 Å². The van der Waals surface area contributed by atoms with E-state index in [1.807, 2.05) is 13.0 Å². The smallest absolute Gasteiger partial charge is 0.124 e. The number of nitrogens with two attached hydrogens (primary N) is 1. The lowest BCUT2D eigenvalue weighted by molar-refractivity contribution is 0.182. The van der Waals surface area contributed by atoms with Crippen molar-refractivity contribution >= 4 is 0 Å². The number of aryl methyl sites for hydroxylation is 1. The fourth-order valence-electron chi connectivity index (χ4n) is 2.62. The molecule has 0 spiro atoms. The minimum atomic E-state index is 0.0184. The number of likely N-dealkylation sites (tertiary alicyclic amines) is 1. The first-order valence-electron chi connectivity index (χ1n) is 7.38. The summed E-state index contributed by atoms with van der Waals surface area (Å²) >= 11 is 0. The first-order valence-corrected chi connectivity index (χ1v) is 7.38. The summed E-state index contributed by atoms with van der Waals surface area (Å²) in [5.74, 6) is 0.942. The Morgan fingerprint density at radius 1 is 1.26 bits per heavy atom. The molecule has 1 aromatic rings. The van der Waals surface area contributed by atoms with E-state index in [-0.39, 0.29) is 6.04 Å². The van der Waals surface area contributed by atoms with Crippen LogP contribution in [0.1, 0.15) is 43.4 Å². The number of rotatable bonds is 5. The van der Waals surface area contributed by atoms with Crippen LogP contribution in [0, 0.1) is 6.92 Å². The van der Waals surface area contributed by atoms with E-state index in [1.54, 1.807) is 0 Å². The third kappa shape index (κ3) is 4.22. The maximum Gasteiger partial charge on any atom is 0.124 e. The molecule has 0 aromatic heterocycles. The van der Waals surface area contributed by atoms with E-state index in [0.717, 1.165) is 24.5 Å². The van der Waals surface area contributed by atoms with E-state index in [4.69, 9.17) is 10.5 Å². The Kier molecular flexibility index (Phi) is 5.23. The van der Waals surface area contributed by atoms with Crippen LogP contribution in [0.2, 0.25) is 0 Å². The molecule has 3 heteroatoms. The summed E-state index contributed by atoms with van der Waals surface area (Å²) in [6, 6.07) is 6.28. The summed E-state index contributed by atoms with van der Waals surface area (Å²) < 4.78 is 5.93. The summed E-state index contributed by atoms with van der Waals surface area (Å²) in [6.07, 6.45) is 4.04. The summed E-state index contributed by atoms with van der Waals surface area (Å²) in [5, 5.41) is 0. The molecule has 0 radical (unpaired) electrons. The quantitative estimate of drug-likeness (QED) is 0.886. The zero-order valence-corrected chi connectivity index (χ0v) is 12.2. The van der Waals surface area contributed by atoms with Gasteiger partial charge in [0, 0.05) is 18.2 Å². The molecular formula is C16H26N2O. The molecule has 0 bridgehead atoms. The predicted octanol–water partition coefficient (Wildman–Crippen LogP) is 2.88. The van der Waals surface area contributed by atoms with Crippen molar-refractivity contribution in [2.75, 3.05) is 26.2 Å². The molecule has 1 aliphatic rings. The van der Waals surface area contributed by atoms with Crippen molar-refractivity contribution in [2.45, 2.75) is 39.2 Å². The third-order valence-electron chi connectivity index (χ3n) is 3.77. The number of benzene rings is 1. The summed E-state index contributed by atoms with van der Waals surface area (Å²) in [5.41, 5.74) is 8.35. The molecule has 0 amide bonds. The Morgan fingerprint density at radius 3 is 2.68 bits per heavy atom. The summed E-state index contributed by atoms with van der Waals surface area (Å²) in [7, 11) is 0. The minimum Gasteiger partial charge on any atom is -0.492 e. The molecule has 1 atom stereocenters. The Bertz CT molecular complexity index is 398. The normalized spacial score (nSPS) is 18.3. The molecule has 1 aliphatic heterocycles. The fourth-order valence-corrected chi connectivity index (χ4v) is 2.62. The molecule has 1 aromatic carbocycles. The monoisotopic (exact) mass is 262 g/mol. The zero-order chi connectivity index (χ0) is 13.7. The van der Waals surface area contributed by atoms with Gasteiger partial charge in [0.05, 0.1) is 0 Å². The van der Waals surface area contributed by atoms with Crippen LogP contribution >= 0.6 is 0 Å². The van der Waals surface area contributed by atoms with E-state index < -0.39 is 0 Å². The number of hydrogen-bond acceptors (Lipinski definition) is 3. The second-order valence-corrected chi connectivity index (χ2v) is 5.58. The van der Waals surface area contributed by atoms with Crippen LogP contribution in [-0.2, 0) is 0 Å². The Labute approximate surface area is 116 Å². The molecule has 2 rings (SSSR count). The standard InChI is InChI=1S/C16H26N2O/c1-13-6-7-16(15(12-13)14(2)17)19-11-10-18-8-4-3-5-9-18/h6-7,12,14H,3-5,8-11,17H2,1-2H3. The topological polar surface area (TPSA) is 38.5 Å². The minimum absolute atomic E-state index is 0.0184. The first-order chi connectivity index (χ1) is 9.16. The van der Waals surface area contributed by atoms with Crippen LogP contribution in [0.25, 0.3) is 0 Å². The van der Waals surface area contributed by atoms with E-state index in [1.165, 1.54) is 37.9 Å². The van der Waals surface area contributed by atoms with E-state index in [2.05, 4.69) is 24.0 Å². The number of nitrogens with zero attached hydrogens (tertiary/aromatic N) is 1. The van der Waals surface area contributed by atoms with Gasteiger partial charge in [0.25, 0.3) is 0 Å². The average molecular weight is 262 g/mol. The Balaban J connectivity index is 1.88. The highest BCUT2D eigenvalue weighted by atomic mass is 16.5. The number of piperidine rings is 1. The van der Waals surface area contributed by atoms with Gasteiger partial charge >= 0.3 is 0 Å². The first kappa shape index (κ1) is 14.4. The molecule has 3 nitrogen and oxygen atoms in total. The SMILES string of the molecule is Cc1ccc(OCCN2CCCCC2)c(C(C)N)c1. The highest BCUT2D eigenvalue weighted by Crippen LogP contribution is 2.25. The molecule has 1 saturated heterocycles. The van der Waals surface area contributed by atoms with Crippen molar-refractivity contribution in [3.05, 3.63) is 29.3 Å². The van der Waals surface area contributed by atoms with Crippen LogP contribution in [0.5, 0.6) is 5.75 Å². The summed E-state index contributed by atoms with van der Waals surface area (Å²) in [4.78, 5) is 2.49. The Hall–Kier alpha value is -1.06. The molecule has 2 N–H and O–H groups in total. The van der Waals surface area contributed by atoms with Gasteiger partial charge in [-0.05, 0) is 45.8 Å². The van der Waals surface area contributed by atoms with E-state index in [9.17, 15) is 0 Å². The molecule has 1 fully saturated rings. The molecular weight excluding hydrogens is 236 g/mol. The van der Waals surface area contributed by atoms with Gasteiger partial charge in [-0.1, -0.05) is 24.1 Å². The highest BCUT2D eigenvalue weighted by Gasteiger charge is 2.11. The van der Waals surface area contributed by atoms with Crippen LogP contribution < -0.4 is 10.5 Å². The maximum atomic E-state index is 6.01. The van der Waals surface area contributed by atoms with Crippen molar-refractivity contribution in [1.29, 1.82) is 0 Å². The zero-order valence-electron chi connectivity index (χ0n) is 12.2. The molecule has 1 unspecified atom stereocenters. The lowest BCUT2D eigenvalue weighted by Gasteiger charge is -2.26. The largest absolute Gasteiger partial charge is 0.492 e. The fraction of sp³-hybridized carbons (Fsp3) is 0.625. The highest BCUT2D eigenvalue weighted by molar-refractivity contribution is 5.38. The van der Waals surface area contributed by atoms with Crippen LogP contribution in [0.15, 0.2) is 18.2 Å². The van der Waals surface area contributed by atoms with Crippen molar-refractivity contribution in [3.8, 4) is 5.75 Å². The van der Waals surface area contributed by atoms with Gasteiger partial charge in [-0.2, -0.15) is 0 Å². The lowest BCUT2D eigenvalue weighted by atomic mass is 10.1. The van der Waals surface area contributed by atoms with Gasteiger partial charge in [-0.25, -0.2) is 0 Å². The molecule has 0 saturated carbocycles. The molecule has 0 aliphatic carbocycles. The second-order valence-electron chi connectivity index (χ2n) is 5.58. The number of ether oxygens (including phenoxy) is 1. The van der Waals surface area contributed by atoms with Gasteiger partial charge in [0.2, 0.25) is 0 Å². The van der Waals surface area contributed by atoms with Gasteiger partial charge < -0.3 is 10.5 Å². The molecule has 1 heterocycles. The molecule has 19 heavy (non-hydrogen) atoms. The van der Waals surface area contributed by atoms with Gasteiger partial charge in [0.15, 0.2) is 0 Å². The summed E-state index contributed by atoms with van der Waals surface area (Å²) in [6.45, 7) is 8.31. The second kappa shape index (κ2) is 6.92. The molecule has 106 valence electrons. The third-order valence-corrected chi connectivity index (χ3v) is 3.77. The van der Waals surface area contributed by atoms with Crippen molar-refractivity contribution < 1.29 is 4.74 Å². The van der Waals surface area contributed by atoms with Crippen molar-refractivity contribution in [3.63, 3.8) is 0 Å². The van der Waals surface area contributed by atoms with Crippen LogP contribution in [-0.4, -0.2) is 31.1 Å². The van der Waals surface area contributed by atoms with Crippen LogP contribution in [0.3, 0.4) is 0 Å². The van der Waals surface area contributed by atoms with E-state index >= 15 is 0 Å². The lowest BCUT2D eigenvalue weighted by Crippen LogP contribution is -2.33. The van der Waals surface area contributed by atoms with Crippen molar-refractivity contribution in [1.82, 2.24) is 4.90 Å². The average Bonchev–Trinajstić information content (AvgIpc) is 2.41.